The van der Waals surface area contributed by atoms with Gasteiger partial charge in [-0.15, -0.1) is 0 Å². The summed E-state index contributed by atoms with van der Waals surface area (Å²) in [5.74, 6) is -1.05. The Hall–Kier alpha value is -3.58. The van der Waals surface area contributed by atoms with Crippen molar-refractivity contribution in [3.05, 3.63) is 101 Å². The molecule has 1 fully saturated rings. The highest BCUT2D eigenvalue weighted by molar-refractivity contribution is 5.94. The first-order valence-corrected chi connectivity index (χ1v) is 12.1. The lowest BCUT2D eigenvalue weighted by atomic mass is 9.88. The van der Waals surface area contributed by atoms with Crippen LogP contribution in [0.2, 0.25) is 0 Å². The van der Waals surface area contributed by atoms with Crippen molar-refractivity contribution in [3.63, 3.8) is 0 Å². The average molecular weight is 475 g/mol. The molecule has 3 N–H and O–H groups in total. The Bertz CT molecular complexity index is 1130. The van der Waals surface area contributed by atoms with Crippen LogP contribution in [0.25, 0.3) is 0 Å². The molecule has 2 amide bonds. The molecule has 1 atom stereocenters. The number of nitrogens with zero attached hydrogens (tertiary/aromatic N) is 2. The Morgan fingerprint density at radius 3 is 2.17 bits per heavy atom. The third-order valence-corrected chi connectivity index (χ3v) is 6.56. The lowest BCUT2D eigenvalue weighted by Gasteiger charge is -2.19. The number of primary amides is 1. The van der Waals surface area contributed by atoms with Crippen LogP contribution in [0, 0.1) is 5.82 Å². The van der Waals surface area contributed by atoms with Gasteiger partial charge in [0.15, 0.2) is 0 Å². The second-order valence-corrected chi connectivity index (χ2v) is 8.97. The van der Waals surface area contributed by atoms with Crippen molar-refractivity contribution in [3.8, 4) is 0 Å². The molecule has 35 heavy (non-hydrogen) atoms. The molecule has 2 aromatic carbocycles. The lowest BCUT2D eigenvalue weighted by molar-refractivity contribution is 0.0951. The fraction of sp³-hybridized carbons (Fsp3) is 0.321. The molecule has 0 spiro atoms. The van der Waals surface area contributed by atoms with Crippen molar-refractivity contribution in [2.45, 2.75) is 31.6 Å². The Labute approximate surface area is 205 Å². The Kier molecular flexibility index (Phi) is 8.21. The summed E-state index contributed by atoms with van der Waals surface area (Å²) in [6.07, 6.45) is 5.67. The summed E-state index contributed by atoms with van der Waals surface area (Å²) in [6, 6.07) is 17.2. The fourth-order valence-corrected chi connectivity index (χ4v) is 4.52. The van der Waals surface area contributed by atoms with E-state index in [-0.39, 0.29) is 17.6 Å². The summed E-state index contributed by atoms with van der Waals surface area (Å²) in [7, 11) is 0. The lowest BCUT2D eigenvalue weighted by Crippen LogP contribution is -2.26. The van der Waals surface area contributed by atoms with Crippen LogP contribution in [-0.4, -0.2) is 47.9 Å². The van der Waals surface area contributed by atoms with Crippen LogP contribution in [-0.2, 0) is 6.42 Å². The molecule has 6 nitrogen and oxygen atoms in total. The zero-order valence-electron chi connectivity index (χ0n) is 19.8. The van der Waals surface area contributed by atoms with Crippen molar-refractivity contribution in [2.75, 3.05) is 26.2 Å². The molecule has 0 bridgehead atoms. The number of pyridine rings is 1. The molecule has 1 unspecified atom stereocenters. The average Bonchev–Trinajstić information content (AvgIpc) is 3.40. The summed E-state index contributed by atoms with van der Waals surface area (Å²) < 4.78 is 13.5. The second-order valence-electron chi connectivity index (χ2n) is 8.97. The molecule has 0 radical (unpaired) electrons. The Morgan fingerprint density at radius 1 is 0.943 bits per heavy atom. The van der Waals surface area contributed by atoms with Gasteiger partial charge in [-0.05, 0) is 79.9 Å². The van der Waals surface area contributed by atoms with E-state index in [1.807, 2.05) is 24.3 Å². The zero-order chi connectivity index (χ0) is 24.6. The van der Waals surface area contributed by atoms with E-state index in [0.717, 1.165) is 42.9 Å². The summed E-state index contributed by atoms with van der Waals surface area (Å²) in [4.78, 5) is 31.0. The number of aromatic nitrogens is 1. The molecule has 0 aliphatic carbocycles. The molecule has 1 aromatic heterocycles. The first-order chi connectivity index (χ1) is 17.0. The molecule has 0 saturated carbocycles. The third-order valence-electron chi connectivity index (χ3n) is 6.56. The number of likely N-dealkylation sites (tertiary alicyclic amines) is 1. The van der Waals surface area contributed by atoms with Gasteiger partial charge < -0.3 is 16.0 Å². The number of hydrogen-bond donors (Lipinski definition) is 2. The maximum Gasteiger partial charge on any atom is 0.252 e. The van der Waals surface area contributed by atoms with Crippen LogP contribution in [0.4, 0.5) is 4.39 Å². The zero-order valence-corrected chi connectivity index (χ0v) is 19.8. The molecule has 4 rings (SSSR count). The van der Waals surface area contributed by atoms with E-state index in [0.29, 0.717) is 24.1 Å². The van der Waals surface area contributed by atoms with Gasteiger partial charge in [0.25, 0.3) is 5.91 Å². The van der Waals surface area contributed by atoms with Gasteiger partial charge >= 0.3 is 0 Å². The number of benzene rings is 2. The molecule has 1 aliphatic heterocycles. The van der Waals surface area contributed by atoms with E-state index in [1.54, 1.807) is 30.5 Å². The number of nitrogens with two attached hydrogens (primary N) is 1. The number of hydrogen-bond acceptors (Lipinski definition) is 4. The summed E-state index contributed by atoms with van der Waals surface area (Å²) in [5.41, 5.74) is 9.19. The van der Waals surface area contributed by atoms with Crippen molar-refractivity contribution >= 4 is 11.8 Å². The van der Waals surface area contributed by atoms with Gasteiger partial charge in [0.2, 0.25) is 5.91 Å². The molecule has 182 valence electrons. The van der Waals surface area contributed by atoms with E-state index in [9.17, 15) is 14.0 Å². The highest BCUT2D eigenvalue weighted by atomic mass is 19.1. The van der Waals surface area contributed by atoms with Crippen LogP contribution in [0.1, 0.15) is 62.7 Å². The number of amides is 2. The number of nitrogens with one attached hydrogen (secondary N) is 1. The number of carbonyl (C=O) groups excluding carboxylic acids is 2. The highest BCUT2D eigenvalue weighted by Crippen LogP contribution is 2.28. The maximum atomic E-state index is 13.5. The minimum Gasteiger partial charge on any atom is -0.366 e. The number of halogens is 1. The summed E-state index contributed by atoms with van der Waals surface area (Å²) in [6.45, 7) is 3.75. The first kappa shape index (κ1) is 24.5. The van der Waals surface area contributed by atoms with E-state index in [2.05, 4.69) is 15.2 Å². The monoisotopic (exact) mass is 474 g/mol. The topological polar surface area (TPSA) is 88.3 Å². The van der Waals surface area contributed by atoms with E-state index >= 15 is 0 Å². The minimum absolute atomic E-state index is 0.0797. The van der Waals surface area contributed by atoms with Gasteiger partial charge in [-0.1, -0.05) is 24.3 Å². The highest BCUT2D eigenvalue weighted by Gasteiger charge is 2.16. The van der Waals surface area contributed by atoms with Crippen LogP contribution >= 0.6 is 0 Å². The number of carbonyl (C=O) groups is 2. The van der Waals surface area contributed by atoms with Gasteiger partial charge in [0.05, 0.1) is 5.56 Å². The van der Waals surface area contributed by atoms with Crippen LogP contribution in [0.3, 0.4) is 0 Å². The molecule has 7 heteroatoms. The van der Waals surface area contributed by atoms with E-state index < -0.39 is 5.91 Å². The maximum absolute atomic E-state index is 13.5. The molecule has 1 saturated heterocycles. The Morgan fingerprint density at radius 2 is 1.57 bits per heavy atom. The predicted molar refractivity (Wildman–Crippen MR) is 134 cm³/mol. The van der Waals surface area contributed by atoms with Crippen molar-refractivity contribution in [2.24, 2.45) is 5.73 Å². The van der Waals surface area contributed by atoms with Crippen LogP contribution in [0.5, 0.6) is 0 Å². The molecule has 1 aliphatic rings. The second kappa shape index (κ2) is 11.7. The molecule has 3 aromatic rings. The summed E-state index contributed by atoms with van der Waals surface area (Å²) in [5, 5.41) is 2.97. The molecule has 2 heterocycles. The third kappa shape index (κ3) is 6.73. The Balaban J connectivity index is 1.36. The normalized spacial score (nSPS) is 14.5. The SMILES string of the molecule is NC(=O)c1ccc(C(CCNC(=O)c2ccc(CCN3CCCC3)nc2)c2ccc(F)cc2)cc1. The predicted octanol–water partition coefficient (Wildman–Crippen LogP) is 3.91. The molecular formula is C28H31FN4O2. The molecular weight excluding hydrogens is 443 g/mol. The van der Waals surface area contributed by atoms with E-state index in [4.69, 9.17) is 5.73 Å². The van der Waals surface area contributed by atoms with Crippen molar-refractivity contribution in [1.29, 1.82) is 0 Å². The van der Waals surface area contributed by atoms with Crippen LogP contribution < -0.4 is 11.1 Å². The number of rotatable bonds is 10. The van der Waals surface area contributed by atoms with E-state index in [1.165, 1.54) is 25.0 Å². The van der Waals surface area contributed by atoms with Gasteiger partial charge in [-0.25, -0.2) is 4.39 Å². The minimum atomic E-state index is -0.488. The standard InChI is InChI=1S/C28H31FN4O2/c29-24-10-7-21(8-11-24)26(20-3-5-22(6-4-20)27(30)34)13-15-31-28(35)23-9-12-25(32-19-23)14-18-33-16-1-2-17-33/h3-12,19,26H,1-2,13-18H2,(H2,30,34)(H,31,35). The van der Waals surface area contributed by atoms with Gasteiger partial charge in [0.1, 0.15) is 5.82 Å². The van der Waals surface area contributed by atoms with Gasteiger partial charge in [-0.3, -0.25) is 14.6 Å². The quantitative estimate of drug-likeness (QED) is 0.466. The van der Waals surface area contributed by atoms with Gasteiger partial charge in [-0.2, -0.15) is 0 Å². The van der Waals surface area contributed by atoms with Crippen molar-refractivity contribution in [1.82, 2.24) is 15.2 Å². The van der Waals surface area contributed by atoms with Crippen molar-refractivity contribution < 1.29 is 14.0 Å². The van der Waals surface area contributed by atoms with Gasteiger partial charge in [0, 0.05) is 42.9 Å². The largest absolute Gasteiger partial charge is 0.366 e. The smallest absolute Gasteiger partial charge is 0.252 e. The van der Waals surface area contributed by atoms with Crippen LogP contribution in [0.15, 0.2) is 66.9 Å². The first-order valence-electron chi connectivity index (χ1n) is 12.1. The fourth-order valence-electron chi connectivity index (χ4n) is 4.52. The summed E-state index contributed by atoms with van der Waals surface area (Å²) >= 11 is 0.